The minimum atomic E-state index is -0.136. The fraction of sp³-hybridized carbons (Fsp3) is 0.333. The van der Waals surface area contributed by atoms with Gasteiger partial charge in [0.25, 0.3) is 0 Å². The highest BCUT2D eigenvalue weighted by Crippen LogP contribution is 2.50. The van der Waals surface area contributed by atoms with Crippen LogP contribution in [0, 0.1) is 0 Å². The number of phenols is 1. The van der Waals surface area contributed by atoms with E-state index in [0.29, 0.717) is 16.0 Å². The summed E-state index contributed by atoms with van der Waals surface area (Å²) in [6.07, 6.45) is 1.78. The van der Waals surface area contributed by atoms with Crippen molar-refractivity contribution in [2.75, 3.05) is 13.7 Å². The molecule has 1 aromatic carbocycles. The number of hydrogen-bond acceptors (Lipinski definition) is 6. The molecule has 1 N–H and O–H groups in total. The fourth-order valence-electron chi connectivity index (χ4n) is 3.40. The molecular weight excluding hydrogens is 358 g/mol. The first-order valence-corrected chi connectivity index (χ1v) is 9.32. The van der Waals surface area contributed by atoms with E-state index in [0.717, 1.165) is 23.0 Å². The number of rotatable bonds is 3. The van der Waals surface area contributed by atoms with E-state index in [-0.39, 0.29) is 17.8 Å². The number of benzene rings is 1. The fourth-order valence-corrected chi connectivity index (χ4v) is 4.77. The SMILES string of the molecule is COc1cc(C2C(c3ccccn3)N=C3SC(C)CN32)c(Cl)cc1O. The average molecular weight is 376 g/mol. The van der Waals surface area contributed by atoms with E-state index in [4.69, 9.17) is 21.3 Å². The molecule has 0 bridgehead atoms. The first kappa shape index (κ1) is 16.5. The van der Waals surface area contributed by atoms with Gasteiger partial charge in [-0.3, -0.25) is 9.98 Å². The van der Waals surface area contributed by atoms with Gasteiger partial charge in [0.15, 0.2) is 16.7 Å². The number of aromatic nitrogens is 1. The summed E-state index contributed by atoms with van der Waals surface area (Å²) >= 11 is 8.27. The molecule has 3 unspecified atom stereocenters. The third kappa shape index (κ3) is 2.83. The van der Waals surface area contributed by atoms with E-state index >= 15 is 0 Å². The Hall–Kier alpha value is -1.92. The molecular formula is C18H18ClN3O2S. The number of nitrogens with zero attached hydrogens (tertiary/aromatic N) is 3. The number of fused-ring (bicyclic) bond motifs is 1. The van der Waals surface area contributed by atoms with Crippen molar-refractivity contribution in [3.63, 3.8) is 0 Å². The zero-order valence-electron chi connectivity index (χ0n) is 13.9. The Morgan fingerprint density at radius 1 is 1.36 bits per heavy atom. The summed E-state index contributed by atoms with van der Waals surface area (Å²) in [6.45, 7) is 3.09. The number of aromatic hydroxyl groups is 1. The van der Waals surface area contributed by atoms with E-state index in [1.807, 2.05) is 24.3 Å². The van der Waals surface area contributed by atoms with Gasteiger partial charge < -0.3 is 14.7 Å². The predicted molar refractivity (Wildman–Crippen MR) is 101 cm³/mol. The van der Waals surface area contributed by atoms with Gasteiger partial charge >= 0.3 is 0 Å². The molecule has 4 rings (SSSR count). The van der Waals surface area contributed by atoms with Gasteiger partial charge in [0.2, 0.25) is 0 Å². The lowest BCUT2D eigenvalue weighted by Gasteiger charge is -2.28. The van der Waals surface area contributed by atoms with Crippen LogP contribution in [0.4, 0.5) is 0 Å². The molecule has 0 radical (unpaired) electrons. The van der Waals surface area contributed by atoms with E-state index < -0.39 is 0 Å². The first-order valence-electron chi connectivity index (χ1n) is 8.07. The summed E-state index contributed by atoms with van der Waals surface area (Å²) in [5.74, 6) is 0.446. The number of aliphatic imine (C=N–C) groups is 1. The summed E-state index contributed by atoms with van der Waals surface area (Å²) in [4.78, 5) is 11.7. The Morgan fingerprint density at radius 2 is 2.20 bits per heavy atom. The summed E-state index contributed by atoms with van der Waals surface area (Å²) < 4.78 is 5.29. The molecule has 3 heterocycles. The molecule has 130 valence electrons. The quantitative estimate of drug-likeness (QED) is 0.877. The maximum absolute atomic E-state index is 10.0. The van der Waals surface area contributed by atoms with Crippen molar-refractivity contribution in [1.29, 1.82) is 0 Å². The predicted octanol–water partition coefficient (Wildman–Crippen LogP) is 4.04. The number of phenolic OH excluding ortho intramolecular Hbond substituents is 1. The monoisotopic (exact) mass is 375 g/mol. The van der Waals surface area contributed by atoms with E-state index in [2.05, 4.69) is 16.8 Å². The van der Waals surface area contributed by atoms with Gasteiger partial charge in [0.05, 0.1) is 18.8 Å². The van der Waals surface area contributed by atoms with Crippen molar-refractivity contribution in [1.82, 2.24) is 9.88 Å². The molecule has 5 nitrogen and oxygen atoms in total. The molecule has 2 aromatic rings. The van der Waals surface area contributed by atoms with Crippen LogP contribution in [-0.2, 0) is 0 Å². The van der Waals surface area contributed by atoms with Crippen molar-refractivity contribution in [3.8, 4) is 11.5 Å². The third-order valence-electron chi connectivity index (χ3n) is 4.50. The normalized spacial score (nSPS) is 25.0. The van der Waals surface area contributed by atoms with Crippen molar-refractivity contribution < 1.29 is 9.84 Å². The number of ether oxygens (including phenoxy) is 1. The second-order valence-electron chi connectivity index (χ2n) is 6.18. The number of pyridine rings is 1. The molecule has 1 aromatic heterocycles. The molecule has 0 amide bonds. The largest absolute Gasteiger partial charge is 0.504 e. The third-order valence-corrected chi connectivity index (χ3v) is 5.93. The van der Waals surface area contributed by atoms with Gasteiger partial charge in [-0.05, 0) is 23.8 Å². The van der Waals surface area contributed by atoms with Crippen LogP contribution < -0.4 is 4.74 Å². The van der Waals surface area contributed by atoms with Crippen LogP contribution in [0.2, 0.25) is 5.02 Å². The Kier molecular flexibility index (Phi) is 4.25. The second-order valence-corrected chi connectivity index (χ2v) is 8.00. The van der Waals surface area contributed by atoms with E-state index in [9.17, 15) is 5.11 Å². The van der Waals surface area contributed by atoms with Crippen molar-refractivity contribution in [2.45, 2.75) is 24.3 Å². The van der Waals surface area contributed by atoms with Crippen LogP contribution in [0.15, 0.2) is 41.5 Å². The molecule has 0 aliphatic carbocycles. The van der Waals surface area contributed by atoms with Gasteiger partial charge in [-0.15, -0.1) is 0 Å². The molecule has 25 heavy (non-hydrogen) atoms. The summed E-state index contributed by atoms with van der Waals surface area (Å²) in [5, 5.41) is 12.0. The standard InChI is InChI=1S/C18H18ClN3O2S/c1-10-9-22-17(11-7-15(24-2)14(23)8-12(11)19)16(21-18(22)25-10)13-5-3-4-6-20-13/h3-8,10,16-17,23H,9H2,1-2H3. The zero-order chi connectivity index (χ0) is 17.6. The highest BCUT2D eigenvalue weighted by Gasteiger charge is 2.44. The number of methoxy groups -OCH3 is 1. The van der Waals surface area contributed by atoms with Gasteiger partial charge in [-0.25, -0.2) is 0 Å². The zero-order valence-corrected chi connectivity index (χ0v) is 15.5. The highest BCUT2D eigenvalue weighted by atomic mass is 35.5. The van der Waals surface area contributed by atoms with Crippen molar-refractivity contribution >= 4 is 28.5 Å². The van der Waals surface area contributed by atoms with Crippen LogP contribution in [0.3, 0.4) is 0 Å². The maximum Gasteiger partial charge on any atom is 0.160 e. The van der Waals surface area contributed by atoms with Crippen LogP contribution in [0.25, 0.3) is 0 Å². The van der Waals surface area contributed by atoms with Crippen LogP contribution in [-0.4, -0.2) is 39.1 Å². The number of thioether (sulfide) groups is 1. The summed E-state index contributed by atoms with van der Waals surface area (Å²) in [6, 6.07) is 9.00. The average Bonchev–Trinajstić information content (AvgIpc) is 3.12. The van der Waals surface area contributed by atoms with Crippen LogP contribution in [0.1, 0.15) is 30.3 Å². The highest BCUT2D eigenvalue weighted by molar-refractivity contribution is 8.14. The Balaban J connectivity index is 1.83. The maximum atomic E-state index is 10.0. The van der Waals surface area contributed by atoms with Gasteiger partial charge in [-0.2, -0.15) is 0 Å². The Morgan fingerprint density at radius 3 is 2.92 bits per heavy atom. The molecule has 3 atom stereocenters. The van der Waals surface area contributed by atoms with Crippen LogP contribution in [0.5, 0.6) is 11.5 Å². The molecule has 1 saturated heterocycles. The van der Waals surface area contributed by atoms with E-state index in [1.165, 1.54) is 13.2 Å². The number of amidine groups is 1. The minimum absolute atomic E-state index is 0.0361. The lowest BCUT2D eigenvalue weighted by Crippen LogP contribution is -2.28. The Labute approximate surface area is 155 Å². The van der Waals surface area contributed by atoms with Crippen LogP contribution >= 0.6 is 23.4 Å². The van der Waals surface area contributed by atoms with Gasteiger partial charge in [-0.1, -0.05) is 36.4 Å². The van der Waals surface area contributed by atoms with E-state index in [1.54, 1.807) is 18.0 Å². The lowest BCUT2D eigenvalue weighted by atomic mass is 9.96. The number of halogens is 1. The topological polar surface area (TPSA) is 58.0 Å². The Bertz CT molecular complexity index is 831. The first-order chi connectivity index (χ1) is 12.1. The molecule has 1 fully saturated rings. The molecule has 2 aliphatic rings. The molecule has 0 spiro atoms. The smallest absolute Gasteiger partial charge is 0.160 e. The van der Waals surface area contributed by atoms with Gasteiger partial charge in [0, 0.05) is 29.1 Å². The van der Waals surface area contributed by atoms with Crippen molar-refractivity contribution in [3.05, 3.63) is 52.8 Å². The molecule has 0 saturated carbocycles. The molecule has 2 aliphatic heterocycles. The second kappa shape index (κ2) is 6.42. The summed E-state index contributed by atoms with van der Waals surface area (Å²) in [7, 11) is 1.54. The van der Waals surface area contributed by atoms with Gasteiger partial charge in [0.1, 0.15) is 6.04 Å². The summed E-state index contributed by atoms with van der Waals surface area (Å²) in [5.41, 5.74) is 1.80. The minimum Gasteiger partial charge on any atom is -0.504 e. The lowest BCUT2D eigenvalue weighted by molar-refractivity contribution is 0.318. The molecule has 7 heteroatoms. The number of hydrogen-bond donors (Lipinski definition) is 1. The van der Waals surface area contributed by atoms with Crippen molar-refractivity contribution in [2.24, 2.45) is 4.99 Å².